The van der Waals surface area contributed by atoms with Crippen LogP contribution in [0.15, 0.2) is 28.7 Å². The molecule has 19 heavy (non-hydrogen) atoms. The molecule has 0 spiro atoms. The Morgan fingerprint density at radius 1 is 1.32 bits per heavy atom. The summed E-state index contributed by atoms with van der Waals surface area (Å²) in [6.07, 6.45) is 4.01. The molecule has 2 rings (SSSR count). The molecule has 0 bridgehead atoms. The Morgan fingerprint density at radius 3 is 2.89 bits per heavy atom. The third kappa shape index (κ3) is 4.81. The van der Waals surface area contributed by atoms with Gasteiger partial charge in [0, 0.05) is 17.1 Å². The summed E-state index contributed by atoms with van der Waals surface area (Å²) in [6.45, 7) is 6.39. The van der Waals surface area contributed by atoms with Crippen molar-refractivity contribution < 1.29 is 4.74 Å². The third-order valence-corrected chi connectivity index (χ3v) is 4.50. The van der Waals surface area contributed by atoms with E-state index in [0.717, 1.165) is 35.2 Å². The largest absolute Gasteiger partial charge is 0.492 e. The van der Waals surface area contributed by atoms with E-state index in [1.165, 1.54) is 19.3 Å². The second-order valence-corrected chi connectivity index (χ2v) is 6.68. The number of benzene rings is 1. The lowest BCUT2D eigenvalue weighted by molar-refractivity contribution is 0.215. The Kier molecular flexibility index (Phi) is 5.71. The molecule has 106 valence electrons. The SMILES string of the molecule is CC1CCC(NCCOc2cccc(Br)c2)C(C)C1. The summed E-state index contributed by atoms with van der Waals surface area (Å²) >= 11 is 3.45. The molecule has 1 aromatic rings. The van der Waals surface area contributed by atoms with E-state index in [0.29, 0.717) is 6.04 Å². The van der Waals surface area contributed by atoms with E-state index in [9.17, 15) is 0 Å². The summed E-state index contributed by atoms with van der Waals surface area (Å²) < 4.78 is 6.80. The minimum Gasteiger partial charge on any atom is -0.492 e. The van der Waals surface area contributed by atoms with Crippen molar-refractivity contribution in [1.82, 2.24) is 5.32 Å². The fraction of sp³-hybridized carbons (Fsp3) is 0.625. The van der Waals surface area contributed by atoms with Gasteiger partial charge < -0.3 is 10.1 Å². The normalized spacial score (nSPS) is 27.2. The van der Waals surface area contributed by atoms with Gasteiger partial charge in [0.1, 0.15) is 12.4 Å². The molecule has 1 aliphatic carbocycles. The van der Waals surface area contributed by atoms with Crippen molar-refractivity contribution in [2.24, 2.45) is 11.8 Å². The minimum atomic E-state index is 0.669. The molecule has 1 aromatic carbocycles. The smallest absolute Gasteiger partial charge is 0.120 e. The molecule has 1 aliphatic rings. The molecule has 2 nitrogen and oxygen atoms in total. The molecule has 0 aliphatic heterocycles. The molecular formula is C16H24BrNO. The van der Waals surface area contributed by atoms with Crippen LogP contribution in [0.25, 0.3) is 0 Å². The molecule has 1 N–H and O–H groups in total. The van der Waals surface area contributed by atoms with Crippen molar-refractivity contribution in [3.8, 4) is 5.75 Å². The van der Waals surface area contributed by atoms with Crippen molar-refractivity contribution in [3.05, 3.63) is 28.7 Å². The lowest BCUT2D eigenvalue weighted by atomic mass is 9.80. The van der Waals surface area contributed by atoms with Gasteiger partial charge in [-0.3, -0.25) is 0 Å². The average Bonchev–Trinajstić information content (AvgIpc) is 2.37. The average molecular weight is 326 g/mol. The van der Waals surface area contributed by atoms with Gasteiger partial charge in [-0.1, -0.05) is 35.8 Å². The van der Waals surface area contributed by atoms with Crippen molar-refractivity contribution in [1.29, 1.82) is 0 Å². The highest BCUT2D eigenvalue weighted by Gasteiger charge is 2.24. The molecule has 0 aromatic heterocycles. The van der Waals surface area contributed by atoms with Gasteiger partial charge in [-0.25, -0.2) is 0 Å². The molecule has 1 saturated carbocycles. The van der Waals surface area contributed by atoms with E-state index in [1.54, 1.807) is 0 Å². The third-order valence-electron chi connectivity index (χ3n) is 4.00. The summed E-state index contributed by atoms with van der Waals surface area (Å²) in [5, 5.41) is 3.64. The van der Waals surface area contributed by atoms with Gasteiger partial charge in [0.05, 0.1) is 0 Å². The van der Waals surface area contributed by atoms with Crippen LogP contribution >= 0.6 is 15.9 Å². The summed E-state index contributed by atoms with van der Waals surface area (Å²) in [6, 6.07) is 8.68. The van der Waals surface area contributed by atoms with E-state index in [1.807, 2.05) is 24.3 Å². The van der Waals surface area contributed by atoms with E-state index in [4.69, 9.17) is 4.74 Å². The van der Waals surface area contributed by atoms with E-state index < -0.39 is 0 Å². The van der Waals surface area contributed by atoms with Crippen LogP contribution in [-0.2, 0) is 0 Å². The van der Waals surface area contributed by atoms with Crippen molar-refractivity contribution in [2.75, 3.05) is 13.2 Å². The van der Waals surface area contributed by atoms with E-state index in [-0.39, 0.29) is 0 Å². The molecule has 3 atom stereocenters. The fourth-order valence-corrected chi connectivity index (χ4v) is 3.32. The predicted molar refractivity (Wildman–Crippen MR) is 83.6 cm³/mol. The van der Waals surface area contributed by atoms with Gasteiger partial charge in [-0.05, 0) is 49.3 Å². The van der Waals surface area contributed by atoms with Gasteiger partial charge in [-0.2, -0.15) is 0 Å². The Bertz CT molecular complexity index is 396. The number of rotatable bonds is 5. The summed E-state index contributed by atoms with van der Waals surface area (Å²) in [4.78, 5) is 0. The van der Waals surface area contributed by atoms with Crippen LogP contribution in [0.3, 0.4) is 0 Å². The molecule has 0 radical (unpaired) electrons. The first-order valence-electron chi connectivity index (χ1n) is 7.27. The number of hydrogen-bond acceptors (Lipinski definition) is 2. The summed E-state index contributed by atoms with van der Waals surface area (Å²) in [5.74, 6) is 2.61. The van der Waals surface area contributed by atoms with Gasteiger partial charge in [0.2, 0.25) is 0 Å². The number of nitrogens with one attached hydrogen (secondary N) is 1. The van der Waals surface area contributed by atoms with Crippen LogP contribution < -0.4 is 10.1 Å². The minimum absolute atomic E-state index is 0.669. The van der Waals surface area contributed by atoms with E-state index >= 15 is 0 Å². The Hall–Kier alpha value is -0.540. The number of hydrogen-bond donors (Lipinski definition) is 1. The fourth-order valence-electron chi connectivity index (χ4n) is 2.94. The van der Waals surface area contributed by atoms with Crippen LogP contribution in [0.1, 0.15) is 33.1 Å². The predicted octanol–water partition coefficient (Wildman–Crippen LogP) is 4.24. The maximum atomic E-state index is 5.74. The van der Waals surface area contributed by atoms with Crippen molar-refractivity contribution in [2.45, 2.75) is 39.2 Å². The first-order chi connectivity index (χ1) is 9.15. The Morgan fingerprint density at radius 2 is 2.16 bits per heavy atom. The maximum absolute atomic E-state index is 5.74. The quantitative estimate of drug-likeness (QED) is 0.817. The number of halogens is 1. The first-order valence-corrected chi connectivity index (χ1v) is 8.06. The maximum Gasteiger partial charge on any atom is 0.120 e. The van der Waals surface area contributed by atoms with Gasteiger partial charge >= 0.3 is 0 Å². The zero-order chi connectivity index (χ0) is 13.7. The molecule has 0 saturated heterocycles. The lowest BCUT2D eigenvalue weighted by Crippen LogP contribution is -2.40. The highest BCUT2D eigenvalue weighted by atomic mass is 79.9. The lowest BCUT2D eigenvalue weighted by Gasteiger charge is -2.33. The Balaban J connectivity index is 1.67. The van der Waals surface area contributed by atoms with Crippen LogP contribution in [-0.4, -0.2) is 19.2 Å². The zero-order valence-electron chi connectivity index (χ0n) is 11.9. The van der Waals surface area contributed by atoms with E-state index in [2.05, 4.69) is 35.1 Å². The monoisotopic (exact) mass is 325 g/mol. The van der Waals surface area contributed by atoms with Crippen LogP contribution in [0, 0.1) is 11.8 Å². The van der Waals surface area contributed by atoms with Crippen molar-refractivity contribution >= 4 is 15.9 Å². The highest BCUT2D eigenvalue weighted by molar-refractivity contribution is 9.10. The molecule has 0 heterocycles. The Labute approximate surface area is 125 Å². The summed E-state index contributed by atoms with van der Waals surface area (Å²) in [7, 11) is 0. The topological polar surface area (TPSA) is 21.3 Å². The number of ether oxygens (including phenoxy) is 1. The summed E-state index contributed by atoms with van der Waals surface area (Å²) in [5.41, 5.74) is 0. The van der Waals surface area contributed by atoms with Gasteiger partial charge in [0.25, 0.3) is 0 Å². The molecule has 0 amide bonds. The second kappa shape index (κ2) is 7.30. The van der Waals surface area contributed by atoms with Gasteiger partial charge in [-0.15, -0.1) is 0 Å². The molecule has 3 heteroatoms. The molecule has 1 fully saturated rings. The van der Waals surface area contributed by atoms with Crippen LogP contribution in [0.4, 0.5) is 0 Å². The molecule has 3 unspecified atom stereocenters. The standard InChI is InChI=1S/C16H24BrNO/c1-12-6-7-16(13(2)10-12)18-8-9-19-15-5-3-4-14(17)11-15/h3-5,11-13,16,18H,6-10H2,1-2H3. The zero-order valence-corrected chi connectivity index (χ0v) is 13.4. The first kappa shape index (κ1) is 14.9. The highest BCUT2D eigenvalue weighted by Crippen LogP contribution is 2.28. The van der Waals surface area contributed by atoms with Gasteiger partial charge in [0.15, 0.2) is 0 Å². The van der Waals surface area contributed by atoms with Crippen LogP contribution in [0.2, 0.25) is 0 Å². The van der Waals surface area contributed by atoms with Crippen LogP contribution in [0.5, 0.6) is 5.75 Å². The second-order valence-electron chi connectivity index (χ2n) is 5.76. The van der Waals surface area contributed by atoms with Crippen molar-refractivity contribution in [3.63, 3.8) is 0 Å². The molecular weight excluding hydrogens is 302 g/mol.